The van der Waals surface area contributed by atoms with Crippen molar-refractivity contribution in [3.8, 4) is 6.19 Å². The summed E-state index contributed by atoms with van der Waals surface area (Å²) >= 11 is 0. The van der Waals surface area contributed by atoms with Crippen LogP contribution in [0.4, 0.5) is 11.4 Å². The maximum absolute atomic E-state index is 12.1. The van der Waals surface area contributed by atoms with Crippen LogP contribution in [0.3, 0.4) is 0 Å². The van der Waals surface area contributed by atoms with Crippen LogP contribution in [-0.2, 0) is 4.79 Å². The summed E-state index contributed by atoms with van der Waals surface area (Å²) in [5, 5.41) is 22.5. The lowest BCUT2D eigenvalue weighted by Gasteiger charge is -2.29. The number of amides is 1. The number of rotatable bonds is 5. The van der Waals surface area contributed by atoms with E-state index in [1.165, 1.54) is 5.01 Å². The van der Waals surface area contributed by atoms with Crippen molar-refractivity contribution in [3.63, 3.8) is 0 Å². The molecule has 1 aliphatic carbocycles. The van der Waals surface area contributed by atoms with Crippen LogP contribution in [0.25, 0.3) is 0 Å². The Labute approximate surface area is 170 Å². The van der Waals surface area contributed by atoms with Crippen LogP contribution in [0.5, 0.6) is 0 Å². The normalized spacial score (nSPS) is 17.8. The third-order valence-electron chi connectivity index (χ3n) is 5.02. The third-order valence-corrected chi connectivity index (χ3v) is 5.02. The fourth-order valence-corrected chi connectivity index (χ4v) is 3.11. The summed E-state index contributed by atoms with van der Waals surface area (Å²) in [4.78, 5) is 16.8. The molecule has 1 aromatic rings. The van der Waals surface area contributed by atoms with Gasteiger partial charge >= 0.3 is 0 Å². The highest BCUT2D eigenvalue weighted by atomic mass is 16.1. The summed E-state index contributed by atoms with van der Waals surface area (Å²) in [6, 6.07) is 6.32. The number of allylic oxidation sites excluding steroid dienone is 1. The monoisotopic (exact) mass is 391 g/mol. The van der Waals surface area contributed by atoms with Gasteiger partial charge < -0.3 is 16.0 Å². The number of aryl methyl sites for hydroxylation is 1. The van der Waals surface area contributed by atoms with E-state index in [0.29, 0.717) is 12.6 Å². The van der Waals surface area contributed by atoms with Gasteiger partial charge in [0.05, 0.1) is 5.70 Å². The number of nitriles is 1. The van der Waals surface area contributed by atoms with Gasteiger partial charge in [0.25, 0.3) is 0 Å². The fraction of sp³-hybridized carbons (Fsp3) is 0.381. The van der Waals surface area contributed by atoms with E-state index >= 15 is 0 Å². The summed E-state index contributed by atoms with van der Waals surface area (Å²) < 4.78 is 0. The standard InChI is InChI=1S/C21H25N7O/c1-13(2)21(29)25-18-10-16(5-4-14(18)3)24-19-11-28-20(26-19)17(23-15-6-7-15)8-9-27(28)12-22/h4-5,8-10,13,15,23H,6-7,11H2,1-3H3,(H,24,26)(H,25,29). The molecule has 4 rings (SSSR count). The molecule has 3 N–H and O–H groups in total. The van der Waals surface area contributed by atoms with E-state index in [-0.39, 0.29) is 11.8 Å². The van der Waals surface area contributed by atoms with Gasteiger partial charge in [0.1, 0.15) is 12.4 Å². The zero-order chi connectivity index (χ0) is 20.5. The Morgan fingerprint density at radius 3 is 2.83 bits per heavy atom. The fourth-order valence-electron chi connectivity index (χ4n) is 3.11. The van der Waals surface area contributed by atoms with Gasteiger partial charge in [-0.15, -0.1) is 0 Å². The molecule has 1 amide bonds. The average Bonchev–Trinajstić information content (AvgIpc) is 3.41. The molecule has 8 heteroatoms. The number of aliphatic imine (C=N–C) groups is 1. The minimum absolute atomic E-state index is 0.0164. The topological polar surface area (TPSA) is 95.8 Å². The van der Waals surface area contributed by atoms with Gasteiger partial charge in [0.2, 0.25) is 12.1 Å². The zero-order valence-corrected chi connectivity index (χ0v) is 16.9. The number of hydrazine groups is 1. The molecule has 1 saturated carbocycles. The van der Waals surface area contributed by atoms with Crippen molar-refractivity contribution in [1.29, 1.82) is 5.26 Å². The SMILES string of the molecule is Cc1ccc(NC2=NC3=C(NC4CC4)C=CN(C#N)N3C2)cc1NC(=O)C(C)C. The van der Waals surface area contributed by atoms with Gasteiger partial charge in [0, 0.05) is 29.5 Å². The van der Waals surface area contributed by atoms with Gasteiger partial charge in [-0.05, 0) is 43.5 Å². The number of amidine groups is 1. The van der Waals surface area contributed by atoms with E-state index in [2.05, 4.69) is 22.1 Å². The van der Waals surface area contributed by atoms with E-state index in [1.54, 1.807) is 6.20 Å². The summed E-state index contributed by atoms with van der Waals surface area (Å²) in [5.41, 5.74) is 3.54. The first kappa shape index (κ1) is 18.9. The highest BCUT2D eigenvalue weighted by Gasteiger charge is 2.32. The Hall–Kier alpha value is -3.47. The molecule has 8 nitrogen and oxygen atoms in total. The molecule has 0 saturated heterocycles. The minimum Gasteiger partial charge on any atom is -0.379 e. The lowest BCUT2D eigenvalue weighted by atomic mass is 10.1. The second-order valence-corrected chi connectivity index (χ2v) is 7.83. The molecule has 2 heterocycles. The zero-order valence-electron chi connectivity index (χ0n) is 16.9. The third kappa shape index (κ3) is 4.04. The number of hydrogen-bond acceptors (Lipinski definition) is 7. The van der Waals surface area contributed by atoms with E-state index in [4.69, 9.17) is 4.99 Å². The Morgan fingerprint density at radius 2 is 2.14 bits per heavy atom. The first-order valence-corrected chi connectivity index (χ1v) is 9.86. The smallest absolute Gasteiger partial charge is 0.226 e. The molecule has 3 aliphatic rings. The van der Waals surface area contributed by atoms with Crippen LogP contribution in [0.2, 0.25) is 0 Å². The first-order valence-electron chi connectivity index (χ1n) is 9.86. The van der Waals surface area contributed by atoms with E-state index in [9.17, 15) is 10.1 Å². The Morgan fingerprint density at radius 1 is 1.34 bits per heavy atom. The van der Waals surface area contributed by atoms with Gasteiger partial charge in [-0.3, -0.25) is 4.79 Å². The van der Waals surface area contributed by atoms with Gasteiger partial charge in [-0.25, -0.2) is 10.0 Å². The number of anilines is 2. The molecule has 0 aromatic heterocycles. The highest BCUT2D eigenvalue weighted by molar-refractivity contribution is 6.00. The van der Waals surface area contributed by atoms with Crippen LogP contribution in [-0.4, -0.2) is 34.3 Å². The lowest BCUT2D eigenvalue weighted by Crippen LogP contribution is -2.39. The van der Waals surface area contributed by atoms with Crippen LogP contribution in [0, 0.1) is 24.3 Å². The molecule has 2 aliphatic heterocycles. The summed E-state index contributed by atoms with van der Waals surface area (Å²) in [6.45, 7) is 6.16. The number of benzene rings is 1. The van der Waals surface area contributed by atoms with Crippen molar-refractivity contribution >= 4 is 23.1 Å². The van der Waals surface area contributed by atoms with Crippen molar-refractivity contribution in [1.82, 2.24) is 15.3 Å². The largest absolute Gasteiger partial charge is 0.379 e. The van der Waals surface area contributed by atoms with Gasteiger partial charge in [0.15, 0.2) is 5.82 Å². The molecule has 29 heavy (non-hydrogen) atoms. The second kappa shape index (κ2) is 7.51. The molecule has 1 aromatic carbocycles. The molecule has 0 bridgehead atoms. The summed E-state index contributed by atoms with van der Waals surface area (Å²) in [7, 11) is 0. The molecule has 0 atom stereocenters. The van der Waals surface area contributed by atoms with Gasteiger partial charge in [-0.1, -0.05) is 19.9 Å². The Bertz CT molecular complexity index is 966. The molecule has 0 spiro atoms. The lowest BCUT2D eigenvalue weighted by molar-refractivity contribution is -0.118. The van der Waals surface area contributed by atoms with Crippen LogP contribution >= 0.6 is 0 Å². The van der Waals surface area contributed by atoms with Crippen molar-refractivity contribution in [2.24, 2.45) is 10.9 Å². The number of nitrogens with zero attached hydrogens (tertiary/aromatic N) is 4. The first-order chi connectivity index (χ1) is 13.9. The predicted octanol–water partition coefficient (Wildman–Crippen LogP) is 2.86. The maximum Gasteiger partial charge on any atom is 0.226 e. The predicted molar refractivity (Wildman–Crippen MR) is 112 cm³/mol. The van der Waals surface area contributed by atoms with Gasteiger partial charge in [-0.2, -0.15) is 10.3 Å². The number of carbonyl (C=O) groups is 1. The molecule has 1 fully saturated rings. The molecule has 0 radical (unpaired) electrons. The van der Waals surface area contributed by atoms with Crippen LogP contribution in [0.15, 0.2) is 47.0 Å². The molecular formula is C21H25N7O. The summed E-state index contributed by atoms with van der Waals surface area (Å²) in [5.74, 6) is 1.38. The summed E-state index contributed by atoms with van der Waals surface area (Å²) in [6.07, 6.45) is 8.13. The molecular weight excluding hydrogens is 366 g/mol. The van der Waals surface area contributed by atoms with E-state index in [0.717, 1.165) is 47.1 Å². The Balaban J connectivity index is 1.55. The second-order valence-electron chi connectivity index (χ2n) is 7.83. The number of hydrogen-bond donors (Lipinski definition) is 3. The quantitative estimate of drug-likeness (QED) is 0.668. The van der Waals surface area contributed by atoms with E-state index in [1.807, 2.05) is 50.1 Å². The molecule has 0 unspecified atom stereocenters. The number of carbonyl (C=O) groups excluding carboxylic acids is 1. The van der Waals surface area contributed by atoms with Crippen molar-refractivity contribution in [2.75, 3.05) is 17.2 Å². The van der Waals surface area contributed by atoms with E-state index < -0.39 is 0 Å². The number of nitrogens with one attached hydrogen (secondary N) is 3. The van der Waals surface area contributed by atoms with Crippen LogP contribution in [0.1, 0.15) is 32.3 Å². The average molecular weight is 391 g/mol. The van der Waals surface area contributed by atoms with Crippen molar-refractivity contribution in [3.05, 3.63) is 47.6 Å². The minimum atomic E-state index is -0.0880. The maximum atomic E-state index is 12.1. The van der Waals surface area contributed by atoms with Crippen molar-refractivity contribution < 1.29 is 4.79 Å². The van der Waals surface area contributed by atoms with Crippen molar-refractivity contribution in [2.45, 2.75) is 39.7 Å². The highest BCUT2D eigenvalue weighted by Crippen LogP contribution is 2.29. The Kier molecular flexibility index (Phi) is 4.89. The van der Waals surface area contributed by atoms with Crippen LogP contribution < -0.4 is 16.0 Å². The molecule has 150 valence electrons. The number of fused-ring (bicyclic) bond motifs is 1.